The molecule has 0 spiro atoms. The van der Waals surface area contributed by atoms with Gasteiger partial charge in [0.25, 0.3) is 0 Å². The molecular formula is C24H31N4O4PS. The van der Waals surface area contributed by atoms with Crippen molar-refractivity contribution < 1.29 is 17.7 Å². The van der Waals surface area contributed by atoms with E-state index in [9.17, 15) is 13.0 Å². The number of ether oxygens (including phenoxy) is 1. The molecule has 182 valence electrons. The number of rotatable bonds is 9. The second kappa shape index (κ2) is 10.2. The molecule has 1 heterocycles. The van der Waals surface area contributed by atoms with Gasteiger partial charge < -0.3 is 20.4 Å². The molecule has 0 amide bonds. The largest absolute Gasteiger partial charge is 0.496 e. The third kappa shape index (κ3) is 4.81. The van der Waals surface area contributed by atoms with Gasteiger partial charge in [-0.15, -0.1) is 5.10 Å². The first-order valence-corrected chi connectivity index (χ1v) is 14.7. The van der Waals surface area contributed by atoms with E-state index in [0.29, 0.717) is 40.6 Å². The fourth-order valence-electron chi connectivity index (χ4n) is 3.72. The molecule has 0 saturated heterocycles. The molecule has 0 bridgehead atoms. The minimum Gasteiger partial charge on any atom is -0.496 e. The Balaban J connectivity index is 2.17. The Morgan fingerprint density at radius 3 is 2.38 bits per heavy atom. The van der Waals surface area contributed by atoms with Gasteiger partial charge in [0, 0.05) is 23.2 Å². The molecule has 3 aromatic rings. The maximum atomic E-state index is 13.3. The Labute approximate surface area is 201 Å². The van der Waals surface area contributed by atoms with Crippen molar-refractivity contribution in [2.45, 2.75) is 37.8 Å². The zero-order valence-corrected chi connectivity index (χ0v) is 21.8. The maximum Gasteiger partial charge on any atom is 0.182 e. The molecule has 3 rings (SSSR count). The van der Waals surface area contributed by atoms with Crippen LogP contribution in [0.4, 0.5) is 17.2 Å². The Morgan fingerprint density at radius 1 is 1.09 bits per heavy atom. The first kappa shape index (κ1) is 25.7. The van der Waals surface area contributed by atoms with Crippen molar-refractivity contribution in [3.63, 3.8) is 0 Å². The standard InChI is InChI=1S/C24H31N4O4PS/c1-6-33(29,7-2)17-12-13-18(21(14-17)32-5)23-20(15-26-28-24(23)25)27-19-10-8-9-11-22(19)34(30,31)16(3)4/h8-16H,6-7H2,1-5H3,(H3,25,27,28). The summed E-state index contributed by atoms with van der Waals surface area (Å²) in [6, 6.07) is 12.1. The SMILES string of the molecule is CCP(=O)(CC)c1ccc(-c2c(Nc3ccccc3S(=O)(=O)C(C)C)cnnc2N)c(OC)c1. The summed E-state index contributed by atoms with van der Waals surface area (Å²) >= 11 is 0. The van der Waals surface area contributed by atoms with Gasteiger partial charge in [-0.3, -0.25) is 0 Å². The van der Waals surface area contributed by atoms with E-state index >= 15 is 0 Å². The quantitative estimate of drug-likeness (QED) is 0.404. The van der Waals surface area contributed by atoms with Gasteiger partial charge in [0.05, 0.1) is 40.4 Å². The number of nitrogens with zero attached hydrogens (tertiary/aromatic N) is 2. The summed E-state index contributed by atoms with van der Waals surface area (Å²) in [4.78, 5) is 0.181. The first-order chi connectivity index (χ1) is 16.1. The number of hydrogen-bond acceptors (Lipinski definition) is 8. The van der Waals surface area contributed by atoms with Crippen molar-refractivity contribution in [3.8, 4) is 16.9 Å². The zero-order valence-electron chi connectivity index (χ0n) is 20.1. The van der Waals surface area contributed by atoms with Crippen molar-refractivity contribution in [1.29, 1.82) is 0 Å². The van der Waals surface area contributed by atoms with Gasteiger partial charge >= 0.3 is 0 Å². The average Bonchev–Trinajstić information content (AvgIpc) is 2.83. The minimum absolute atomic E-state index is 0.148. The molecule has 0 aliphatic carbocycles. The summed E-state index contributed by atoms with van der Waals surface area (Å²) < 4.78 is 44.7. The number of para-hydroxylation sites is 1. The summed E-state index contributed by atoms with van der Waals surface area (Å²) in [5.74, 6) is 0.639. The number of benzene rings is 2. The number of nitrogen functional groups attached to an aromatic ring is 1. The van der Waals surface area contributed by atoms with Crippen LogP contribution < -0.4 is 21.1 Å². The second-order valence-electron chi connectivity index (χ2n) is 8.14. The first-order valence-electron chi connectivity index (χ1n) is 11.1. The molecule has 0 saturated carbocycles. The van der Waals surface area contributed by atoms with E-state index in [1.54, 1.807) is 50.2 Å². The van der Waals surface area contributed by atoms with E-state index in [0.717, 1.165) is 5.30 Å². The monoisotopic (exact) mass is 502 g/mol. The van der Waals surface area contributed by atoms with Crippen molar-refractivity contribution in [2.75, 3.05) is 30.5 Å². The van der Waals surface area contributed by atoms with E-state index in [2.05, 4.69) is 15.5 Å². The normalized spacial score (nSPS) is 12.1. The molecule has 0 unspecified atom stereocenters. The molecule has 10 heteroatoms. The van der Waals surface area contributed by atoms with Crippen molar-refractivity contribution >= 4 is 39.5 Å². The molecule has 2 aromatic carbocycles. The number of methoxy groups -OCH3 is 1. The predicted molar refractivity (Wildman–Crippen MR) is 139 cm³/mol. The predicted octanol–water partition coefficient (Wildman–Crippen LogP) is 4.69. The molecule has 0 aliphatic heterocycles. The summed E-state index contributed by atoms with van der Waals surface area (Å²) in [6.45, 7) is 7.11. The second-order valence-corrected chi connectivity index (χ2v) is 14.2. The maximum absolute atomic E-state index is 13.3. The molecule has 3 N–H and O–H groups in total. The van der Waals surface area contributed by atoms with Gasteiger partial charge in [0.15, 0.2) is 15.7 Å². The van der Waals surface area contributed by atoms with Crippen LogP contribution in [0.1, 0.15) is 27.7 Å². The third-order valence-corrected chi connectivity index (χ3v) is 11.4. The number of anilines is 3. The van der Waals surface area contributed by atoms with Crippen molar-refractivity contribution in [1.82, 2.24) is 10.2 Å². The number of aromatic nitrogens is 2. The fourth-order valence-corrected chi connectivity index (χ4v) is 6.80. The van der Waals surface area contributed by atoms with E-state index < -0.39 is 22.2 Å². The van der Waals surface area contributed by atoms with Crippen LogP contribution in [0.15, 0.2) is 53.6 Å². The van der Waals surface area contributed by atoms with E-state index in [1.165, 1.54) is 13.3 Å². The van der Waals surface area contributed by atoms with Gasteiger partial charge in [0.1, 0.15) is 12.9 Å². The highest BCUT2D eigenvalue weighted by Crippen LogP contribution is 2.46. The Morgan fingerprint density at radius 2 is 1.76 bits per heavy atom. The van der Waals surface area contributed by atoms with Crippen LogP contribution in [0.25, 0.3) is 11.1 Å². The summed E-state index contributed by atoms with van der Waals surface area (Å²) in [6.07, 6.45) is 2.60. The highest BCUT2D eigenvalue weighted by Gasteiger charge is 2.25. The third-order valence-electron chi connectivity index (χ3n) is 5.91. The van der Waals surface area contributed by atoms with Crippen LogP contribution in [0.3, 0.4) is 0 Å². The van der Waals surface area contributed by atoms with Crippen LogP contribution in [-0.2, 0) is 14.4 Å². The Kier molecular flexibility index (Phi) is 7.68. The van der Waals surface area contributed by atoms with Gasteiger partial charge in [-0.25, -0.2) is 8.42 Å². The van der Waals surface area contributed by atoms with Crippen LogP contribution >= 0.6 is 7.14 Å². The van der Waals surface area contributed by atoms with Gasteiger partial charge in [-0.05, 0) is 38.1 Å². The van der Waals surface area contributed by atoms with Crippen LogP contribution in [0.5, 0.6) is 5.75 Å². The van der Waals surface area contributed by atoms with Crippen LogP contribution in [0.2, 0.25) is 0 Å². The van der Waals surface area contributed by atoms with Gasteiger partial charge in [-0.2, -0.15) is 5.10 Å². The average molecular weight is 503 g/mol. The lowest BCUT2D eigenvalue weighted by molar-refractivity contribution is 0.417. The number of nitrogens with one attached hydrogen (secondary N) is 1. The Hall–Kier alpha value is -2.90. The van der Waals surface area contributed by atoms with Crippen molar-refractivity contribution in [2.24, 2.45) is 0 Å². The topological polar surface area (TPSA) is 124 Å². The molecule has 8 nitrogen and oxygen atoms in total. The van der Waals surface area contributed by atoms with E-state index in [-0.39, 0.29) is 10.7 Å². The molecule has 0 radical (unpaired) electrons. The van der Waals surface area contributed by atoms with E-state index in [4.69, 9.17) is 10.5 Å². The van der Waals surface area contributed by atoms with Gasteiger partial charge in [0.2, 0.25) is 0 Å². The number of nitrogens with two attached hydrogens (primary N) is 1. The smallest absolute Gasteiger partial charge is 0.182 e. The molecule has 34 heavy (non-hydrogen) atoms. The fraction of sp³-hybridized carbons (Fsp3) is 0.333. The Bertz CT molecular complexity index is 1330. The lowest BCUT2D eigenvalue weighted by Crippen LogP contribution is -2.15. The minimum atomic E-state index is -3.54. The summed E-state index contributed by atoms with van der Waals surface area (Å²) in [5, 5.41) is 11.3. The number of sulfone groups is 1. The number of hydrogen-bond donors (Lipinski definition) is 2. The van der Waals surface area contributed by atoms with E-state index in [1.807, 2.05) is 19.9 Å². The molecule has 0 fully saturated rings. The lowest BCUT2D eigenvalue weighted by Gasteiger charge is -2.20. The van der Waals surface area contributed by atoms with Gasteiger partial charge in [-0.1, -0.05) is 32.0 Å². The van der Waals surface area contributed by atoms with Crippen molar-refractivity contribution in [3.05, 3.63) is 48.7 Å². The highest BCUT2D eigenvalue weighted by molar-refractivity contribution is 7.92. The summed E-state index contributed by atoms with van der Waals surface area (Å²) in [7, 11) is -4.53. The molecule has 0 atom stereocenters. The molecule has 1 aromatic heterocycles. The lowest BCUT2D eigenvalue weighted by atomic mass is 10.0. The van der Waals surface area contributed by atoms with Crippen LogP contribution in [0, 0.1) is 0 Å². The molecular weight excluding hydrogens is 471 g/mol. The summed E-state index contributed by atoms with van der Waals surface area (Å²) in [5.41, 5.74) is 8.25. The molecule has 0 aliphatic rings. The van der Waals surface area contributed by atoms with Crippen LogP contribution in [-0.4, -0.2) is 43.3 Å². The highest BCUT2D eigenvalue weighted by atomic mass is 32.2. The zero-order chi connectivity index (χ0) is 25.1.